The molecule has 0 heterocycles. The first-order valence-electron chi connectivity index (χ1n) is 13.9. The molecule has 0 aromatic carbocycles. The van der Waals surface area contributed by atoms with Gasteiger partial charge in [0.15, 0.2) is 0 Å². The maximum absolute atomic E-state index is 12.1. The van der Waals surface area contributed by atoms with Crippen LogP contribution in [-0.4, -0.2) is 50.5 Å². The van der Waals surface area contributed by atoms with Crippen molar-refractivity contribution in [3.63, 3.8) is 0 Å². The van der Waals surface area contributed by atoms with Crippen LogP contribution in [-0.2, 0) is 28.5 Å². The molecule has 0 rings (SSSR count). The van der Waals surface area contributed by atoms with E-state index in [1.807, 2.05) is 6.92 Å². The van der Waals surface area contributed by atoms with Crippen LogP contribution < -0.4 is 5.32 Å². The van der Waals surface area contributed by atoms with Crippen molar-refractivity contribution in [2.75, 3.05) is 26.4 Å². The summed E-state index contributed by atoms with van der Waals surface area (Å²) in [5.41, 5.74) is 1.21. The third-order valence-corrected chi connectivity index (χ3v) is 5.89. The summed E-state index contributed by atoms with van der Waals surface area (Å²) in [5.74, 6) is 0.0287. The molecule has 0 saturated heterocycles. The van der Waals surface area contributed by atoms with Crippen molar-refractivity contribution in [1.82, 2.24) is 5.32 Å². The Kier molecular flexibility index (Phi) is 17.2. The zero-order valence-electron chi connectivity index (χ0n) is 25.5. The maximum Gasteiger partial charge on any atom is 0.407 e. The van der Waals surface area contributed by atoms with E-state index in [1.165, 1.54) is 0 Å². The smallest absolute Gasteiger partial charge is 0.407 e. The average Bonchev–Trinajstić information content (AvgIpc) is 2.77. The quantitative estimate of drug-likeness (QED) is 0.0408. The molecule has 0 aromatic heterocycles. The number of amides is 1. The van der Waals surface area contributed by atoms with Crippen molar-refractivity contribution >= 4 is 18.0 Å². The first-order valence-corrected chi connectivity index (χ1v) is 13.9. The van der Waals surface area contributed by atoms with E-state index in [0.29, 0.717) is 50.4 Å². The molecule has 1 amide bonds. The molecule has 8 nitrogen and oxygen atoms in total. The second-order valence-electron chi connectivity index (χ2n) is 12.1. The van der Waals surface area contributed by atoms with Crippen LogP contribution in [0.4, 0.5) is 4.79 Å². The highest BCUT2D eigenvalue weighted by Gasteiger charge is 2.31. The summed E-state index contributed by atoms with van der Waals surface area (Å²) >= 11 is 0. The lowest BCUT2D eigenvalue weighted by Crippen LogP contribution is -2.32. The van der Waals surface area contributed by atoms with Crippen molar-refractivity contribution in [3.05, 3.63) is 36.6 Å². The summed E-state index contributed by atoms with van der Waals surface area (Å²) < 4.78 is 21.5. The zero-order chi connectivity index (χ0) is 30.1. The number of hydrogen-bond acceptors (Lipinski definition) is 7. The van der Waals surface area contributed by atoms with E-state index in [2.05, 4.69) is 52.7 Å². The molecule has 224 valence electrons. The number of carbonyl (C=O) groups excluding carboxylic acids is 3. The number of ether oxygens (including phenoxy) is 4. The lowest BCUT2D eigenvalue weighted by Gasteiger charge is -2.36. The van der Waals surface area contributed by atoms with Crippen molar-refractivity contribution in [3.8, 4) is 0 Å². The predicted molar refractivity (Wildman–Crippen MR) is 155 cm³/mol. The number of carbonyl (C=O) groups is 3. The number of nitrogens with one attached hydrogen (secondary N) is 1. The van der Waals surface area contributed by atoms with Gasteiger partial charge < -0.3 is 24.3 Å². The Morgan fingerprint density at radius 1 is 0.846 bits per heavy atom. The van der Waals surface area contributed by atoms with Crippen LogP contribution in [0.5, 0.6) is 0 Å². The van der Waals surface area contributed by atoms with E-state index in [9.17, 15) is 14.4 Å². The van der Waals surface area contributed by atoms with Gasteiger partial charge in [0.05, 0.1) is 32.0 Å². The molecule has 0 saturated carbocycles. The number of alkyl carbamates (subject to hydrolysis) is 1. The fraction of sp³-hybridized carbons (Fsp3) is 0.710. The Bertz CT molecular complexity index is 829. The summed E-state index contributed by atoms with van der Waals surface area (Å²) in [5, 5.41) is 2.70. The zero-order valence-corrected chi connectivity index (χ0v) is 25.5. The summed E-state index contributed by atoms with van der Waals surface area (Å²) in [6.45, 7) is 26.9. The van der Waals surface area contributed by atoms with Crippen LogP contribution in [0.3, 0.4) is 0 Å². The van der Waals surface area contributed by atoms with E-state index in [4.69, 9.17) is 18.9 Å². The highest BCUT2D eigenvalue weighted by molar-refractivity contribution is 5.86. The minimum absolute atomic E-state index is 0.0219. The number of allylic oxidation sites excluding steroid dienone is 1. The number of esters is 2. The van der Waals surface area contributed by atoms with Crippen LogP contribution in [0, 0.1) is 10.8 Å². The fourth-order valence-electron chi connectivity index (χ4n) is 4.64. The lowest BCUT2D eigenvalue weighted by atomic mass is 9.71. The van der Waals surface area contributed by atoms with E-state index in [0.717, 1.165) is 31.3 Å². The van der Waals surface area contributed by atoms with Crippen LogP contribution >= 0.6 is 0 Å². The molecule has 0 fully saturated rings. The Morgan fingerprint density at radius 3 is 2.08 bits per heavy atom. The minimum Gasteiger partial charge on any atom is -0.499 e. The largest absolute Gasteiger partial charge is 0.499 e. The Balaban J connectivity index is 4.16. The second-order valence-corrected chi connectivity index (χ2v) is 12.1. The van der Waals surface area contributed by atoms with Crippen molar-refractivity contribution < 1.29 is 33.3 Å². The molecule has 0 aliphatic heterocycles. The fourth-order valence-corrected chi connectivity index (χ4v) is 4.64. The summed E-state index contributed by atoms with van der Waals surface area (Å²) in [6, 6.07) is 0. The SMILES string of the molecule is C=C(C)CC(=O)OCCCC(=C)OCCCC(C)(C)CC(C)(C)CC(C)OC(=O)NCCCOC(=O)C(=C)C. The summed E-state index contributed by atoms with van der Waals surface area (Å²) in [7, 11) is 0. The standard InChI is InChI=1S/C31H53NO7/c1-23(2)20-27(33)37-17-11-14-25(5)36-18-12-15-30(7,8)22-31(9,10)21-26(6)39-29(35)32-16-13-19-38-28(34)24(3)4/h26H,1,3,5,11-22H2,2,4,6-10H3,(H,32,35). The van der Waals surface area contributed by atoms with Gasteiger partial charge in [0.2, 0.25) is 0 Å². The highest BCUT2D eigenvalue weighted by Crippen LogP contribution is 2.40. The van der Waals surface area contributed by atoms with Gasteiger partial charge in [-0.15, -0.1) is 0 Å². The molecule has 1 unspecified atom stereocenters. The van der Waals surface area contributed by atoms with Gasteiger partial charge in [-0.3, -0.25) is 4.79 Å². The summed E-state index contributed by atoms with van der Waals surface area (Å²) in [4.78, 5) is 35.0. The highest BCUT2D eigenvalue weighted by atomic mass is 16.6. The molecule has 0 aromatic rings. The van der Waals surface area contributed by atoms with Gasteiger partial charge in [-0.05, 0) is 70.1 Å². The van der Waals surface area contributed by atoms with Crippen molar-refractivity contribution in [1.29, 1.82) is 0 Å². The predicted octanol–water partition coefficient (Wildman–Crippen LogP) is 7.04. The van der Waals surface area contributed by atoms with E-state index in [-0.39, 0.29) is 35.9 Å². The average molecular weight is 552 g/mol. The molecule has 0 aliphatic carbocycles. The molecule has 0 bridgehead atoms. The lowest BCUT2D eigenvalue weighted by molar-refractivity contribution is -0.143. The molecule has 8 heteroatoms. The molecule has 0 aliphatic rings. The molecule has 0 radical (unpaired) electrons. The van der Waals surface area contributed by atoms with Crippen molar-refractivity contribution in [2.45, 2.75) is 106 Å². The molecule has 1 N–H and O–H groups in total. The monoisotopic (exact) mass is 551 g/mol. The Hall–Kier alpha value is -2.77. The van der Waals surface area contributed by atoms with Crippen molar-refractivity contribution in [2.24, 2.45) is 10.8 Å². The number of hydrogen-bond donors (Lipinski definition) is 1. The van der Waals surface area contributed by atoms with Crippen LogP contribution in [0.1, 0.15) is 99.8 Å². The first-order chi connectivity index (χ1) is 18.0. The van der Waals surface area contributed by atoms with E-state index >= 15 is 0 Å². The molecular formula is C31H53NO7. The first kappa shape index (κ1) is 36.2. The third kappa shape index (κ3) is 20.8. The third-order valence-electron chi connectivity index (χ3n) is 5.89. The van der Waals surface area contributed by atoms with Gasteiger partial charge in [0.1, 0.15) is 6.10 Å². The minimum atomic E-state index is -0.466. The number of rotatable bonds is 21. The van der Waals surface area contributed by atoms with Gasteiger partial charge in [-0.1, -0.05) is 53.0 Å². The van der Waals surface area contributed by atoms with Crippen LogP contribution in [0.15, 0.2) is 36.6 Å². The van der Waals surface area contributed by atoms with Crippen LogP contribution in [0.25, 0.3) is 0 Å². The van der Waals surface area contributed by atoms with Gasteiger partial charge >= 0.3 is 18.0 Å². The van der Waals surface area contributed by atoms with E-state index in [1.54, 1.807) is 13.8 Å². The topological polar surface area (TPSA) is 100 Å². The Morgan fingerprint density at radius 2 is 1.46 bits per heavy atom. The summed E-state index contributed by atoms with van der Waals surface area (Å²) in [6.07, 6.45) is 5.02. The van der Waals surface area contributed by atoms with E-state index < -0.39 is 12.1 Å². The molecule has 0 spiro atoms. The van der Waals surface area contributed by atoms with Crippen LogP contribution in [0.2, 0.25) is 0 Å². The molecular weight excluding hydrogens is 498 g/mol. The maximum atomic E-state index is 12.1. The van der Waals surface area contributed by atoms with Gasteiger partial charge in [-0.2, -0.15) is 0 Å². The molecule has 1 atom stereocenters. The normalized spacial score (nSPS) is 12.2. The van der Waals surface area contributed by atoms with Gasteiger partial charge in [-0.25, -0.2) is 9.59 Å². The second kappa shape index (κ2) is 18.5. The molecule has 39 heavy (non-hydrogen) atoms. The van der Waals surface area contributed by atoms with Gasteiger partial charge in [0, 0.05) is 18.5 Å². The Labute approximate surface area is 236 Å². The van der Waals surface area contributed by atoms with Gasteiger partial charge in [0.25, 0.3) is 0 Å².